The molecule has 2 aromatic carbocycles. The highest BCUT2D eigenvalue weighted by Crippen LogP contribution is 2.31. The number of nitrogens with zero attached hydrogens (tertiary/aromatic N) is 3. The van der Waals surface area contributed by atoms with Gasteiger partial charge in [0, 0.05) is 16.8 Å². The summed E-state index contributed by atoms with van der Waals surface area (Å²) in [7, 11) is 1.50. The lowest BCUT2D eigenvalue weighted by Gasteiger charge is -2.12. The summed E-state index contributed by atoms with van der Waals surface area (Å²) in [6.07, 6.45) is 0. The maximum Gasteiger partial charge on any atom is 0.276 e. The number of methoxy groups -OCH3 is 1. The van der Waals surface area contributed by atoms with Gasteiger partial charge in [-0.1, -0.05) is 11.6 Å². The molecule has 0 atom stereocenters. The molecule has 140 valence electrons. The second-order valence-corrected chi connectivity index (χ2v) is 6.28. The van der Waals surface area contributed by atoms with Crippen LogP contribution in [-0.4, -0.2) is 23.2 Å². The molecular formula is C20H16ClN5O2. The van der Waals surface area contributed by atoms with Gasteiger partial charge in [0.25, 0.3) is 5.91 Å². The first kappa shape index (κ1) is 19.1. The molecule has 3 aromatic rings. The van der Waals surface area contributed by atoms with E-state index >= 15 is 0 Å². The minimum atomic E-state index is -0.419. The molecule has 0 saturated heterocycles. The molecular weight excluding hydrogens is 378 g/mol. The Bertz CT molecular complexity index is 1040. The number of hydrogen-bond acceptors (Lipinski definition) is 6. The van der Waals surface area contributed by atoms with Crippen molar-refractivity contribution in [1.82, 2.24) is 10.2 Å². The van der Waals surface area contributed by atoms with Gasteiger partial charge >= 0.3 is 0 Å². The van der Waals surface area contributed by atoms with E-state index in [1.165, 1.54) is 7.11 Å². The van der Waals surface area contributed by atoms with Crippen LogP contribution in [0.1, 0.15) is 21.6 Å². The van der Waals surface area contributed by atoms with Gasteiger partial charge in [0.05, 0.1) is 24.4 Å². The molecule has 0 radical (unpaired) electrons. The summed E-state index contributed by atoms with van der Waals surface area (Å²) in [6, 6.07) is 15.5. The third kappa shape index (κ3) is 4.37. The summed E-state index contributed by atoms with van der Waals surface area (Å²) in [6.45, 7) is 1.83. The summed E-state index contributed by atoms with van der Waals surface area (Å²) in [5, 5.41) is 23.1. The molecule has 0 saturated carbocycles. The number of aromatic nitrogens is 2. The SMILES string of the molecule is COc1cc(Cl)c(C)cc1NC(=O)c1ccc(Nc2ccc(C#N)cc2)nn1. The molecule has 1 amide bonds. The highest BCUT2D eigenvalue weighted by molar-refractivity contribution is 6.31. The van der Waals surface area contributed by atoms with Crippen molar-refractivity contribution in [2.24, 2.45) is 0 Å². The number of hydrogen-bond donors (Lipinski definition) is 2. The van der Waals surface area contributed by atoms with Crippen molar-refractivity contribution >= 4 is 34.7 Å². The lowest BCUT2D eigenvalue weighted by Crippen LogP contribution is -2.15. The predicted octanol–water partition coefficient (Wildman–Crippen LogP) is 4.31. The Kier molecular flexibility index (Phi) is 5.72. The Labute approximate surface area is 166 Å². The topological polar surface area (TPSA) is 99.9 Å². The van der Waals surface area contributed by atoms with Crippen LogP contribution in [0.15, 0.2) is 48.5 Å². The zero-order valence-electron chi connectivity index (χ0n) is 15.2. The number of anilines is 3. The lowest BCUT2D eigenvalue weighted by atomic mass is 10.2. The van der Waals surface area contributed by atoms with Gasteiger partial charge in [-0.05, 0) is 55.0 Å². The minimum absolute atomic E-state index is 0.153. The second-order valence-electron chi connectivity index (χ2n) is 5.87. The average molecular weight is 394 g/mol. The largest absolute Gasteiger partial charge is 0.495 e. The van der Waals surface area contributed by atoms with E-state index in [-0.39, 0.29) is 5.69 Å². The van der Waals surface area contributed by atoms with Gasteiger partial charge in [0.15, 0.2) is 11.5 Å². The van der Waals surface area contributed by atoms with Gasteiger partial charge in [0.1, 0.15) is 5.75 Å². The van der Waals surface area contributed by atoms with Crippen LogP contribution in [-0.2, 0) is 0 Å². The van der Waals surface area contributed by atoms with Crippen molar-refractivity contribution < 1.29 is 9.53 Å². The quantitative estimate of drug-likeness (QED) is 0.669. The van der Waals surface area contributed by atoms with Gasteiger partial charge in [-0.3, -0.25) is 4.79 Å². The second kappa shape index (κ2) is 8.37. The van der Waals surface area contributed by atoms with Crippen molar-refractivity contribution in [1.29, 1.82) is 5.26 Å². The van der Waals surface area contributed by atoms with E-state index < -0.39 is 5.91 Å². The van der Waals surface area contributed by atoms with E-state index in [0.717, 1.165) is 11.3 Å². The summed E-state index contributed by atoms with van der Waals surface area (Å²) >= 11 is 6.08. The number of benzene rings is 2. The third-order valence-corrected chi connectivity index (χ3v) is 4.32. The Morgan fingerprint density at radius 1 is 1.14 bits per heavy atom. The standard InChI is InChI=1S/C20H16ClN5O2/c1-12-9-17(18(28-2)10-15(12)21)24-20(27)16-7-8-19(26-25-16)23-14-5-3-13(11-22)4-6-14/h3-10H,1-2H3,(H,23,26)(H,24,27). The van der Waals surface area contributed by atoms with E-state index in [1.54, 1.807) is 48.5 Å². The molecule has 1 aromatic heterocycles. The van der Waals surface area contributed by atoms with Gasteiger partial charge in [0.2, 0.25) is 0 Å². The Morgan fingerprint density at radius 2 is 1.89 bits per heavy atom. The summed E-state index contributed by atoms with van der Waals surface area (Å²) in [4.78, 5) is 12.5. The van der Waals surface area contributed by atoms with E-state index in [9.17, 15) is 4.79 Å². The van der Waals surface area contributed by atoms with Crippen molar-refractivity contribution in [3.05, 3.63) is 70.4 Å². The van der Waals surface area contributed by atoms with Crippen LogP contribution < -0.4 is 15.4 Å². The van der Waals surface area contributed by atoms with E-state index in [1.807, 2.05) is 6.92 Å². The monoisotopic (exact) mass is 393 g/mol. The number of ether oxygens (including phenoxy) is 1. The molecule has 0 aliphatic heterocycles. The molecule has 8 heteroatoms. The lowest BCUT2D eigenvalue weighted by molar-refractivity contribution is 0.102. The van der Waals surface area contributed by atoms with Gasteiger partial charge in [-0.25, -0.2) is 0 Å². The summed E-state index contributed by atoms with van der Waals surface area (Å²) in [5.41, 5.74) is 2.78. The number of nitrogens with one attached hydrogen (secondary N) is 2. The first-order chi connectivity index (χ1) is 13.5. The van der Waals surface area contributed by atoms with Crippen LogP contribution in [0.5, 0.6) is 5.75 Å². The van der Waals surface area contributed by atoms with Crippen LogP contribution >= 0.6 is 11.6 Å². The van der Waals surface area contributed by atoms with Crippen LogP contribution in [0, 0.1) is 18.3 Å². The minimum Gasteiger partial charge on any atom is -0.495 e. The number of rotatable bonds is 5. The fourth-order valence-electron chi connectivity index (χ4n) is 2.41. The molecule has 2 N–H and O–H groups in total. The maximum absolute atomic E-state index is 12.5. The smallest absolute Gasteiger partial charge is 0.276 e. The van der Waals surface area contributed by atoms with Crippen molar-refractivity contribution in [3.8, 4) is 11.8 Å². The number of nitriles is 1. The Hall–Kier alpha value is -3.63. The number of halogens is 1. The van der Waals surface area contributed by atoms with Crippen LogP contribution in [0.4, 0.5) is 17.2 Å². The predicted molar refractivity (Wildman–Crippen MR) is 107 cm³/mol. The van der Waals surface area contributed by atoms with E-state index in [0.29, 0.717) is 27.8 Å². The highest BCUT2D eigenvalue weighted by atomic mass is 35.5. The van der Waals surface area contributed by atoms with Crippen molar-refractivity contribution in [2.45, 2.75) is 6.92 Å². The number of carbonyl (C=O) groups excluding carboxylic acids is 1. The zero-order valence-corrected chi connectivity index (χ0v) is 15.9. The Morgan fingerprint density at radius 3 is 2.50 bits per heavy atom. The molecule has 28 heavy (non-hydrogen) atoms. The van der Waals surface area contributed by atoms with Gasteiger partial charge < -0.3 is 15.4 Å². The summed E-state index contributed by atoms with van der Waals surface area (Å²) < 4.78 is 5.25. The first-order valence-electron chi connectivity index (χ1n) is 8.26. The fraction of sp³-hybridized carbons (Fsp3) is 0.100. The zero-order chi connectivity index (χ0) is 20.1. The van der Waals surface area contributed by atoms with Gasteiger partial charge in [-0.2, -0.15) is 5.26 Å². The third-order valence-electron chi connectivity index (χ3n) is 3.91. The van der Waals surface area contributed by atoms with Crippen LogP contribution in [0.25, 0.3) is 0 Å². The fourth-order valence-corrected chi connectivity index (χ4v) is 2.57. The maximum atomic E-state index is 12.5. The molecule has 3 rings (SSSR count). The molecule has 1 heterocycles. The number of aryl methyl sites for hydroxylation is 1. The molecule has 0 bridgehead atoms. The normalized spacial score (nSPS) is 10.1. The van der Waals surface area contributed by atoms with Crippen molar-refractivity contribution in [2.75, 3.05) is 17.7 Å². The van der Waals surface area contributed by atoms with E-state index in [4.69, 9.17) is 21.6 Å². The van der Waals surface area contributed by atoms with Gasteiger partial charge in [-0.15, -0.1) is 10.2 Å². The van der Waals surface area contributed by atoms with E-state index in [2.05, 4.69) is 26.9 Å². The summed E-state index contributed by atoms with van der Waals surface area (Å²) in [5.74, 6) is 0.509. The highest BCUT2D eigenvalue weighted by Gasteiger charge is 2.13. The number of carbonyl (C=O) groups is 1. The molecule has 0 spiro atoms. The molecule has 0 fully saturated rings. The Balaban J connectivity index is 1.71. The van der Waals surface area contributed by atoms with Crippen LogP contribution in [0.3, 0.4) is 0 Å². The molecule has 0 aliphatic rings. The molecule has 0 unspecified atom stereocenters. The first-order valence-corrected chi connectivity index (χ1v) is 8.64. The van der Waals surface area contributed by atoms with Crippen LogP contribution in [0.2, 0.25) is 5.02 Å². The van der Waals surface area contributed by atoms with Crippen molar-refractivity contribution in [3.63, 3.8) is 0 Å². The number of amides is 1. The molecule has 7 nitrogen and oxygen atoms in total. The molecule has 0 aliphatic carbocycles. The average Bonchev–Trinajstić information content (AvgIpc) is 2.71.